The van der Waals surface area contributed by atoms with E-state index >= 15 is 0 Å². The molecule has 0 fully saturated rings. The van der Waals surface area contributed by atoms with Crippen molar-refractivity contribution in [1.29, 1.82) is 0 Å². The molecule has 0 aromatic carbocycles. The van der Waals surface area contributed by atoms with Crippen LogP contribution in [0.1, 0.15) is 52.9 Å². The van der Waals surface area contributed by atoms with Crippen LogP contribution >= 0.6 is 12.2 Å². The Morgan fingerprint density at radius 3 is 2.20 bits per heavy atom. The molecule has 4 nitrogen and oxygen atoms in total. The highest BCUT2D eigenvalue weighted by Gasteiger charge is 2.39. The van der Waals surface area contributed by atoms with Gasteiger partial charge in [-0.05, 0) is 19.3 Å². The van der Waals surface area contributed by atoms with Crippen LogP contribution in [-0.4, -0.2) is 33.2 Å². The summed E-state index contributed by atoms with van der Waals surface area (Å²) in [5.74, 6) is -0.0808. The summed E-state index contributed by atoms with van der Waals surface area (Å²) < 4.78 is 11.3. The van der Waals surface area contributed by atoms with Gasteiger partial charge in [0.15, 0.2) is 0 Å². The topological polar surface area (TPSA) is 72.2 Å². The van der Waals surface area contributed by atoms with Gasteiger partial charge in [0.25, 0.3) is 0 Å². The summed E-state index contributed by atoms with van der Waals surface area (Å²) in [5, 5.41) is 3.00. The Morgan fingerprint density at radius 1 is 1.35 bits per heavy atom. The monoisotopic (exact) mass is 320 g/mol. The zero-order chi connectivity index (χ0) is 15.8. The van der Waals surface area contributed by atoms with Gasteiger partial charge in [0.2, 0.25) is 5.91 Å². The second kappa shape index (κ2) is 9.45. The van der Waals surface area contributed by atoms with Gasteiger partial charge in [-0.15, -0.1) is 0 Å². The average Bonchev–Trinajstić information content (AvgIpc) is 2.37. The van der Waals surface area contributed by atoms with E-state index in [-0.39, 0.29) is 16.1 Å². The van der Waals surface area contributed by atoms with Crippen molar-refractivity contribution in [1.82, 2.24) is 5.32 Å². The Balaban J connectivity index is 4.71. The molecular weight excluding hydrogens is 292 g/mol. The molecule has 6 heteroatoms. The molecule has 1 amide bonds. The van der Waals surface area contributed by atoms with Crippen LogP contribution in [0, 0.1) is 5.41 Å². The Bertz CT molecular complexity index is 353. The molecule has 0 rings (SSSR count). The third kappa shape index (κ3) is 5.48. The summed E-state index contributed by atoms with van der Waals surface area (Å²) in [7, 11) is -0.864. The van der Waals surface area contributed by atoms with Crippen molar-refractivity contribution in [2.45, 2.75) is 58.1 Å². The lowest BCUT2D eigenvalue weighted by Gasteiger charge is -2.31. The van der Waals surface area contributed by atoms with Crippen LogP contribution in [0.15, 0.2) is 0 Å². The number of hydrogen-bond acceptors (Lipinski definition) is 3. The Morgan fingerprint density at radius 2 is 1.85 bits per heavy atom. The van der Waals surface area contributed by atoms with Gasteiger partial charge in [-0.1, -0.05) is 45.8 Å². The molecule has 0 saturated heterocycles. The van der Waals surface area contributed by atoms with Gasteiger partial charge >= 0.3 is 0 Å². The van der Waals surface area contributed by atoms with Crippen LogP contribution in [0.2, 0.25) is 0 Å². The highest BCUT2D eigenvalue weighted by Crippen LogP contribution is 2.30. The van der Waals surface area contributed by atoms with Crippen molar-refractivity contribution in [2.75, 3.05) is 12.8 Å². The Labute approximate surface area is 130 Å². The fraction of sp³-hybridized carbons (Fsp3) is 0.857. The molecule has 0 spiro atoms. The molecule has 0 bridgehead atoms. The largest absolute Gasteiger partial charge is 0.392 e. The minimum absolute atomic E-state index is 0.0758. The van der Waals surface area contributed by atoms with Gasteiger partial charge in [-0.25, -0.2) is 0 Å². The van der Waals surface area contributed by atoms with E-state index in [1.54, 1.807) is 6.26 Å². The number of rotatable bonds is 10. The number of thiocarbonyl (C=S) groups is 1. The van der Waals surface area contributed by atoms with E-state index in [9.17, 15) is 9.00 Å². The molecule has 20 heavy (non-hydrogen) atoms. The first kappa shape index (κ1) is 19.5. The summed E-state index contributed by atoms with van der Waals surface area (Å²) in [6.45, 7) is 6.48. The maximum atomic E-state index is 12.5. The molecule has 2 atom stereocenters. The third-order valence-corrected chi connectivity index (χ3v) is 5.42. The fourth-order valence-electron chi connectivity index (χ4n) is 2.29. The van der Waals surface area contributed by atoms with Crippen LogP contribution in [0.5, 0.6) is 0 Å². The van der Waals surface area contributed by atoms with Crippen molar-refractivity contribution >= 4 is 33.9 Å². The Hall–Kier alpha value is -0.490. The minimum Gasteiger partial charge on any atom is -0.392 e. The molecule has 0 aliphatic rings. The predicted octanol–water partition coefficient (Wildman–Crippen LogP) is 2.13. The van der Waals surface area contributed by atoms with E-state index in [2.05, 4.69) is 5.32 Å². The number of carbonyl (C=O) groups excluding carboxylic acids is 1. The van der Waals surface area contributed by atoms with Crippen LogP contribution in [0.3, 0.4) is 0 Å². The lowest BCUT2D eigenvalue weighted by molar-refractivity contribution is -0.128. The highest BCUT2D eigenvalue weighted by atomic mass is 32.2. The lowest BCUT2D eigenvalue weighted by Crippen LogP contribution is -2.49. The maximum absolute atomic E-state index is 12.5. The second-order valence-electron chi connectivity index (χ2n) is 5.30. The van der Waals surface area contributed by atoms with E-state index in [0.717, 1.165) is 12.8 Å². The molecule has 0 heterocycles. The standard InChI is InChI=1S/C14H28N2O2S2/c1-5-8-14(9-6-2,12(15)19)13(17)16-10-7-11(3)20(4)18/h11H,5-10H2,1-4H3,(H2,15,19)(H,16,17). The number of nitrogens with one attached hydrogen (secondary N) is 1. The normalized spacial score (nSPS) is 14.6. The third-order valence-electron chi connectivity index (χ3n) is 3.66. The molecule has 0 aliphatic carbocycles. The summed E-state index contributed by atoms with van der Waals surface area (Å²) in [6, 6.07) is 0. The fourth-order valence-corrected chi connectivity index (χ4v) is 3.03. The van der Waals surface area contributed by atoms with Gasteiger partial charge < -0.3 is 11.1 Å². The quantitative estimate of drug-likeness (QED) is 0.605. The van der Waals surface area contributed by atoms with E-state index in [1.807, 2.05) is 20.8 Å². The molecule has 2 unspecified atom stereocenters. The highest BCUT2D eigenvalue weighted by molar-refractivity contribution is 7.84. The molecule has 3 N–H and O–H groups in total. The van der Waals surface area contributed by atoms with Crippen molar-refractivity contribution in [3.05, 3.63) is 0 Å². The van der Waals surface area contributed by atoms with Crippen LogP contribution in [0.25, 0.3) is 0 Å². The van der Waals surface area contributed by atoms with Gasteiger partial charge in [0, 0.05) is 28.9 Å². The summed E-state index contributed by atoms with van der Waals surface area (Å²) in [4.78, 5) is 12.8. The first-order valence-corrected chi connectivity index (χ1v) is 9.25. The van der Waals surface area contributed by atoms with Gasteiger partial charge in [0.05, 0.1) is 10.4 Å². The van der Waals surface area contributed by atoms with Crippen LogP contribution in [-0.2, 0) is 15.6 Å². The van der Waals surface area contributed by atoms with Crippen molar-refractivity contribution in [2.24, 2.45) is 11.1 Å². The number of hydrogen-bond donors (Lipinski definition) is 2. The summed E-state index contributed by atoms with van der Waals surface area (Å²) in [5.41, 5.74) is 5.12. The van der Waals surface area contributed by atoms with Crippen molar-refractivity contribution in [3.8, 4) is 0 Å². The predicted molar refractivity (Wildman–Crippen MR) is 90.2 cm³/mol. The maximum Gasteiger partial charge on any atom is 0.233 e. The lowest BCUT2D eigenvalue weighted by atomic mass is 9.78. The molecule has 0 radical (unpaired) electrons. The zero-order valence-corrected chi connectivity index (χ0v) is 14.7. The second-order valence-corrected chi connectivity index (χ2v) is 7.54. The SMILES string of the molecule is CCCC(CCC)(C(=O)NCCC(C)S(C)=O)C(N)=S. The van der Waals surface area contributed by atoms with E-state index in [4.69, 9.17) is 18.0 Å². The van der Waals surface area contributed by atoms with Crippen LogP contribution < -0.4 is 11.1 Å². The van der Waals surface area contributed by atoms with E-state index in [1.165, 1.54) is 0 Å². The van der Waals surface area contributed by atoms with E-state index in [0.29, 0.717) is 25.8 Å². The number of nitrogens with two attached hydrogens (primary N) is 1. The van der Waals surface area contributed by atoms with E-state index < -0.39 is 16.2 Å². The minimum atomic E-state index is -0.864. The van der Waals surface area contributed by atoms with Crippen LogP contribution in [0.4, 0.5) is 0 Å². The first-order chi connectivity index (χ1) is 9.31. The van der Waals surface area contributed by atoms with Crippen molar-refractivity contribution < 1.29 is 9.00 Å². The van der Waals surface area contributed by atoms with Gasteiger partial charge in [0.1, 0.15) is 0 Å². The molecule has 0 saturated carbocycles. The summed E-state index contributed by atoms with van der Waals surface area (Å²) in [6.07, 6.45) is 5.45. The first-order valence-electron chi connectivity index (χ1n) is 7.22. The average molecular weight is 321 g/mol. The molecule has 118 valence electrons. The Kier molecular flexibility index (Phi) is 9.22. The molecule has 0 aromatic rings. The van der Waals surface area contributed by atoms with Gasteiger partial charge in [-0.3, -0.25) is 9.00 Å². The van der Waals surface area contributed by atoms with Crippen molar-refractivity contribution in [3.63, 3.8) is 0 Å². The smallest absolute Gasteiger partial charge is 0.233 e. The molecular formula is C14H28N2O2S2. The molecule has 0 aromatic heterocycles. The number of amides is 1. The molecule has 0 aliphatic heterocycles. The zero-order valence-electron chi connectivity index (χ0n) is 13.0. The summed E-state index contributed by atoms with van der Waals surface area (Å²) >= 11 is 5.15. The van der Waals surface area contributed by atoms with Gasteiger partial charge in [-0.2, -0.15) is 0 Å². The number of carbonyl (C=O) groups is 1.